The quantitative estimate of drug-likeness (QED) is 0.724. The van der Waals surface area contributed by atoms with Crippen LogP contribution in [0.3, 0.4) is 0 Å². The molecule has 0 radical (unpaired) electrons. The van der Waals surface area contributed by atoms with Crippen LogP contribution in [0.15, 0.2) is 23.6 Å². The predicted molar refractivity (Wildman–Crippen MR) is 115 cm³/mol. The van der Waals surface area contributed by atoms with E-state index < -0.39 is 0 Å². The van der Waals surface area contributed by atoms with E-state index in [0.717, 1.165) is 0 Å². The normalized spacial score (nSPS) is 14.2. The van der Waals surface area contributed by atoms with Gasteiger partial charge in [0.2, 0.25) is 0 Å². The molecule has 0 unspecified atom stereocenters. The second kappa shape index (κ2) is 9.75. The molecule has 1 aliphatic rings. The lowest BCUT2D eigenvalue weighted by Crippen LogP contribution is -2.41. The lowest BCUT2D eigenvalue weighted by molar-refractivity contribution is 0.0299. The largest absolute Gasteiger partial charge is 0.378 e. The summed E-state index contributed by atoms with van der Waals surface area (Å²) >= 11 is 13.3. The molecule has 10 heteroatoms. The number of ether oxygens (including phenoxy) is 1. The first-order chi connectivity index (χ1) is 13.8. The minimum atomic E-state index is -0.283. The Morgan fingerprint density at radius 3 is 2.66 bits per heavy atom. The Morgan fingerprint density at radius 1 is 1.28 bits per heavy atom. The number of hydrogen-bond acceptors (Lipinski definition) is 5. The van der Waals surface area contributed by atoms with Crippen LogP contribution in [0.4, 0.5) is 10.5 Å². The molecule has 0 spiro atoms. The second-order valence-corrected chi connectivity index (χ2v) is 8.57. The van der Waals surface area contributed by atoms with E-state index in [0.29, 0.717) is 59.3 Å². The number of halogens is 2. The van der Waals surface area contributed by atoms with Gasteiger partial charge in [0, 0.05) is 30.2 Å². The van der Waals surface area contributed by atoms with Crippen molar-refractivity contribution in [2.24, 2.45) is 0 Å². The molecule has 1 saturated heterocycles. The average Bonchev–Trinajstić information content (AvgIpc) is 3.17. The van der Waals surface area contributed by atoms with Crippen LogP contribution < -0.4 is 5.32 Å². The Labute approximate surface area is 183 Å². The van der Waals surface area contributed by atoms with Gasteiger partial charge < -0.3 is 19.9 Å². The van der Waals surface area contributed by atoms with Gasteiger partial charge in [0.15, 0.2) is 0 Å². The third kappa shape index (κ3) is 5.60. The van der Waals surface area contributed by atoms with E-state index in [-0.39, 0.29) is 18.0 Å². The number of benzene rings is 1. The Kier molecular flexibility index (Phi) is 7.34. The van der Waals surface area contributed by atoms with Crippen LogP contribution in [0.2, 0.25) is 10.0 Å². The van der Waals surface area contributed by atoms with Crippen LogP contribution in [0.25, 0.3) is 0 Å². The maximum atomic E-state index is 12.8. The first-order valence-electron chi connectivity index (χ1n) is 9.19. The fraction of sp³-hybridized carbons (Fsp3) is 0.421. The maximum Gasteiger partial charge on any atom is 0.322 e. The number of hydrogen-bond donors (Lipinski definition) is 1. The van der Waals surface area contributed by atoms with Gasteiger partial charge in [0.25, 0.3) is 5.91 Å². The molecular formula is C19H22Cl2N4O3S. The summed E-state index contributed by atoms with van der Waals surface area (Å²) in [6, 6.07) is 4.56. The van der Waals surface area contributed by atoms with Gasteiger partial charge in [0.05, 0.1) is 29.8 Å². The van der Waals surface area contributed by atoms with Gasteiger partial charge >= 0.3 is 6.03 Å². The zero-order chi connectivity index (χ0) is 21.0. The van der Waals surface area contributed by atoms with Crippen molar-refractivity contribution in [1.82, 2.24) is 14.8 Å². The minimum absolute atomic E-state index is 0.0694. The third-order valence-corrected chi connectivity index (χ3v) is 6.00. The highest BCUT2D eigenvalue weighted by Gasteiger charge is 2.23. The summed E-state index contributed by atoms with van der Waals surface area (Å²) in [4.78, 5) is 33.2. The van der Waals surface area contributed by atoms with Crippen LogP contribution in [0, 0.1) is 0 Å². The molecule has 2 aromatic rings. The zero-order valence-electron chi connectivity index (χ0n) is 16.2. The molecule has 7 nitrogen and oxygen atoms in total. The van der Waals surface area contributed by atoms with Gasteiger partial charge in [0.1, 0.15) is 10.7 Å². The monoisotopic (exact) mass is 456 g/mol. The number of amides is 3. The summed E-state index contributed by atoms with van der Waals surface area (Å²) in [6.07, 6.45) is 0. The van der Waals surface area contributed by atoms with Crippen LogP contribution >= 0.6 is 34.5 Å². The summed E-state index contributed by atoms with van der Waals surface area (Å²) in [7, 11) is 0. The van der Waals surface area contributed by atoms with Gasteiger partial charge in [-0.3, -0.25) is 4.79 Å². The summed E-state index contributed by atoms with van der Waals surface area (Å²) < 4.78 is 5.28. The fourth-order valence-corrected chi connectivity index (χ4v) is 3.88. The molecule has 3 rings (SSSR count). The van der Waals surface area contributed by atoms with E-state index in [1.807, 2.05) is 13.8 Å². The van der Waals surface area contributed by atoms with Crippen molar-refractivity contribution < 1.29 is 14.3 Å². The SMILES string of the molecule is CC(C)N(Cc1nc(C(=O)N2CCOCC2)cs1)C(=O)Nc1ccc(Cl)c(Cl)c1. The van der Waals surface area contributed by atoms with E-state index in [9.17, 15) is 9.59 Å². The second-order valence-electron chi connectivity index (χ2n) is 6.81. The Balaban J connectivity index is 1.67. The van der Waals surface area contributed by atoms with Crippen molar-refractivity contribution in [1.29, 1.82) is 0 Å². The number of anilines is 1. The molecular weight excluding hydrogens is 435 g/mol. The zero-order valence-corrected chi connectivity index (χ0v) is 18.5. The van der Waals surface area contributed by atoms with E-state index in [1.165, 1.54) is 11.3 Å². The summed E-state index contributed by atoms with van der Waals surface area (Å²) in [5, 5.41) is 6.05. The summed E-state index contributed by atoms with van der Waals surface area (Å²) in [5.41, 5.74) is 0.956. The molecule has 1 N–H and O–H groups in total. The van der Waals surface area contributed by atoms with Crippen molar-refractivity contribution in [2.45, 2.75) is 26.4 Å². The van der Waals surface area contributed by atoms with Gasteiger partial charge in [-0.05, 0) is 32.0 Å². The smallest absolute Gasteiger partial charge is 0.322 e. The lowest BCUT2D eigenvalue weighted by atomic mass is 10.3. The van der Waals surface area contributed by atoms with Crippen molar-refractivity contribution >= 4 is 52.2 Å². The molecule has 29 heavy (non-hydrogen) atoms. The highest BCUT2D eigenvalue weighted by atomic mass is 35.5. The molecule has 0 atom stereocenters. The predicted octanol–water partition coefficient (Wildman–Crippen LogP) is 4.36. The Hall–Kier alpha value is -1.87. The molecule has 1 aromatic heterocycles. The van der Waals surface area contributed by atoms with Crippen LogP contribution in [-0.4, -0.2) is 59.1 Å². The van der Waals surface area contributed by atoms with E-state index in [1.54, 1.807) is 33.4 Å². The highest BCUT2D eigenvalue weighted by molar-refractivity contribution is 7.09. The third-order valence-electron chi connectivity index (χ3n) is 4.43. The average molecular weight is 457 g/mol. The topological polar surface area (TPSA) is 74.8 Å². The summed E-state index contributed by atoms with van der Waals surface area (Å²) in [5.74, 6) is -0.104. The number of rotatable bonds is 5. The van der Waals surface area contributed by atoms with Crippen LogP contribution in [0.1, 0.15) is 29.3 Å². The number of carbonyl (C=O) groups excluding carboxylic acids is 2. The Morgan fingerprint density at radius 2 is 2.00 bits per heavy atom. The number of thiazole rings is 1. The van der Waals surface area contributed by atoms with Gasteiger partial charge in [-0.25, -0.2) is 9.78 Å². The molecule has 0 bridgehead atoms. The van der Waals surface area contributed by atoms with Crippen LogP contribution in [-0.2, 0) is 11.3 Å². The Bertz CT molecular complexity index is 884. The molecule has 1 fully saturated rings. The van der Waals surface area contributed by atoms with Crippen LogP contribution in [0.5, 0.6) is 0 Å². The first-order valence-corrected chi connectivity index (χ1v) is 10.8. The molecule has 0 aliphatic carbocycles. The highest BCUT2D eigenvalue weighted by Crippen LogP contribution is 2.25. The van der Waals surface area contributed by atoms with Crippen molar-refractivity contribution in [3.8, 4) is 0 Å². The van der Waals surface area contributed by atoms with Crippen molar-refractivity contribution in [2.75, 3.05) is 31.6 Å². The van der Waals surface area contributed by atoms with E-state index in [2.05, 4.69) is 10.3 Å². The summed E-state index contributed by atoms with van der Waals surface area (Å²) in [6.45, 7) is 6.35. The number of urea groups is 1. The minimum Gasteiger partial charge on any atom is -0.378 e. The standard InChI is InChI=1S/C19H22Cl2N4O3S/c1-12(2)25(19(27)22-13-3-4-14(20)15(21)9-13)10-17-23-16(11-29-17)18(26)24-5-7-28-8-6-24/h3-4,9,11-12H,5-8,10H2,1-2H3,(H,22,27). The molecule has 0 saturated carbocycles. The molecule has 1 aliphatic heterocycles. The number of aromatic nitrogens is 1. The number of nitrogens with one attached hydrogen (secondary N) is 1. The van der Waals surface area contributed by atoms with Gasteiger partial charge in [-0.15, -0.1) is 11.3 Å². The van der Waals surface area contributed by atoms with Crippen molar-refractivity contribution in [3.05, 3.63) is 44.3 Å². The molecule has 156 valence electrons. The van der Waals surface area contributed by atoms with E-state index >= 15 is 0 Å². The molecule has 2 heterocycles. The number of morpholine rings is 1. The maximum absolute atomic E-state index is 12.8. The number of carbonyl (C=O) groups is 2. The fourth-order valence-electron chi connectivity index (χ4n) is 2.81. The van der Waals surface area contributed by atoms with Gasteiger partial charge in [-0.2, -0.15) is 0 Å². The lowest BCUT2D eigenvalue weighted by Gasteiger charge is -2.26. The number of nitrogens with zero attached hydrogens (tertiary/aromatic N) is 3. The molecule has 1 aromatic carbocycles. The van der Waals surface area contributed by atoms with Gasteiger partial charge in [-0.1, -0.05) is 23.2 Å². The first kappa shape index (κ1) is 21.8. The van der Waals surface area contributed by atoms with Crippen molar-refractivity contribution in [3.63, 3.8) is 0 Å². The van der Waals surface area contributed by atoms with E-state index in [4.69, 9.17) is 27.9 Å². The molecule has 3 amide bonds.